The van der Waals surface area contributed by atoms with E-state index in [1.165, 1.54) is 18.5 Å². The van der Waals surface area contributed by atoms with Crippen molar-refractivity contribution in [3.63, 3.8) is 0 Å². The number of aliphatic hydroxyl groups excluding tert-OH is 1. The molecule has 2 rings (SSSR count). The molecule has 94 valence electrons. The molecule has 0 aliphatic rings. The number of aromatic nitrogens is 1. The monoisotopic (exact) mass is 266 g/mol. The van der Waals surface area contributed by atoms with E-state index in [-0.39, 0.29) is 12.3 Å². The SMILES string of the molecule is O=C(NC(CO)c1ccco1)c1cc(Cl)ccn1. The third kappa shape index (κ3) is 2.88. The van der Waals surface area contributed by atoms with Crippen LogP contribution in [0.2, 0.25) is 5.02 Å². The molecular formula is C12H11ClN2O3. The molecule has 2 heterocycles. The number of carbonyl (C=O) groups excluding carboxylic acids is 1. The molecule has 0 aliphatic carbocycles. The number of rotatable bonds is 4. The summed E-state index contributed by atoms with van der Waals surface area (Å²) in [6.45, 7) is -0.264. The fourth-order valence-corrected chi connectivity index (χ4v) is 1.62. The largest absolute Gasteiger partial charge is 0.467 e. The van der Waals surface area contributed by atoms with Gasteiger partial charge in [0, 0.05) is 11.2 Å². The number of amides is 1. The van der Waals surface area contributed by atoms with Crippen LogP contribution in [0.3, 0.4) is 0 Å². The van der Waals surface area contributed by atoms with Crippen molar-refractivity contribution >= 4 is 17.5 Å². The van der Waals surface area contributed by atoms with Gasteiger partial charge in [-0.3, -0.25) is 9.78 Å². The van der Waals surface area contributed by atoms with E-state index in [9.17, 15) is 9.90 Å². The number of aliphatic hydroxyl groups is 1. The second-order valence-corrected chi connectivity index (χ2v) is 4.02. The molecule has 0 saturated heterocycles. The number of hydrogen-bond acceptors (Lipinski definition) is 4. The van der Waals surface area contributed by atoms with Crippen molar-refractivity contribution in [3.05, 3.63) is 53.2 Å². The molecular weight excluding hydrogens is 256 g/mol. The highest BCUT2D eigenvalue weighted by Gasteiger charge is 2.17. The van der Waals surface area contributed by atoms with Crippen molar-refractivity contribution in [2.75, 3.05) is 6.61 Å². The number of nitrogens with one attached hydrogen (secondary N) is 1. The number of hydrogen-bond donors (Lipinski definition) is 2. The second-order valence-electron chi connectivity index (χ2n) is 3.58. The van der Waals surface area contributed by atoms with Gasteiger partial charge >= 0.3 is 0 Å². The Balaban J connectivity index is 2.11. The molecule has 6 heteroatoms. The number of pyridine rings is 1. The van der Waals surface area contributed by atoms with Gasteiger partial charge in [0.15, 0.2) is 0 Å². The van der Waals surface area contributed by atoms with Crippen LogP contribution in [0.1, 0.15) is 22.3 Å². The van der Waals surface area contributed by atoms with Crippen molar-refractivity contribution < 1.29 is 14.3 Å². The molecule has 2 aromatic heterocycles. The average Bonchev–Trinajstić information content (AvgIpc) is 2.89. The third-order valence-electron chi connectivity index (χ3n) is 2.33. The lowest BCUT2D eigenvalue weighted by molar-refractivity contribution is 0.0902. The number of furan rings is 1. The summed E-state index contributed by atoms with van der Waals surface area (Å²) < 4.78 is 5.13. The predicted octanol–water partition coefficient (Wildman–Crippen LogP) is 1.79. The fraction of sp³-hybridized carbons (Fsp3) is 0.167. The summed E-state index contributed by atoms with van der Waals surface area (Å²) in [6.07, 6.45) is 2.92. The van der Waals surface area contributed by atoms with Gasteiger partial charge in [-0.2, -0.15) is 0 Å². The van der Waals surface area contributed by atoms with Crippen LogP contribution >= 0.6 is 11.6 Å². The minimum Gasteiger partial charge on any atom is -0.467 e. The van der Waals surface area contributed by atoms with Gasteiger partial charge in [-0.1, -0.05) is 11.6 Å². The second kappa shape index (κ2) is 5.66. The lowest BCUT2D eigenvalue weighted by atomic mass is 10.2. The Morgan fingerprint density at radius 2 is 2.39 bits per heavy atom. The van der Waals surface area contributed by atoms with Crippen LogP contribution in [0, 0.1) is 0 Å². The van der Waals surface area contributed by atoms with Gasteiger partial charge in [-0.25, -0.2) is 0 Å². The zero-order chi connectivity index (χ0) is 13.0. The Bertz CT molecular complexity index is 528. The van der Waals surface area contributed by atoms with Crippen molar-refractivity contribution in [2.45, 2.75) is 6.04 Å². The lowest BCUT2D eigenvalue weighted by Crippen LogP contribution is -2.31. The van der Waals surface area contributed by atoms with Crippen LogP contribution in [-0.2, 0) is 0 Å². The summed E-state index contributed by atoms with van der Waals surface area (Å²) in [5, 5.41) is 12.3. The molecule has 1 atom stereocenters. The van der Waals surface area contributed by atoms with Crippen molar-refractivity contribution in [1.82, 2.24) is 10.3 Å². The molecule has 0 aromatic carbocycles. The predicted molar refractivity (Wildman–Crippen MR) is 65.2 cm³/mol. The molecule has 2 N–H and O–H groups in total. The van der Waals surface area contributed by atoms with Crippen LogP contribution < -0.4 is 5.32 Å². The van der Waals surface area contributed by atoms with Crippen molar-refractivity contribution in [2.24, 2.45) is 0 Å². The fourth-order valence-electron chi connectivity index (χ4n) is 1.46. The molecule has 1 unspecified atom stereocenters. The molecule has 18 heavy (non-hydrogen) atoms. The molecule has 1 amide bonds. The number of carbonyl (C=O) groups is 1. The average molecular weight is 267 g/mol. The molecule has 5 nitrogen and oxygen atoms in total. The first-order valence-electron chi connectivity index (χ1n) is 5.27. The molecule has 0 radical (unpaired) electrons. The summed E-state index contributed by atoms with van der Waals surface area (Å²) in [5.74, 6) is 0.0563. The van der Waals surface area contributed by atoms with Gasteiger partial charge in [0.05, 0.1) is 12.9 Å². The van der Waals surface area contributed by atoms with Gasteiger partial charge in [0.2, 0.25) is 0 Å². The molecule has 0 saturated carbocycles. The standard InChI is InChI=1S/C12H11ClN2O3/c13-8-3-4-14-9(6-8)12(17)15-10(7-16)11-2-1-5-18-11/h1-6,10,16H,7H2,(H,15,17). The van der Waals surface area contributed by atoms with Crippen LogP contribution in [0.5, 0.6) is 0 Å². The minimum atomic E-state index is -0.603. The molecule has 2 aromatic rings. The van der Waals surface area contributed by atoms with Crippen LogP contribution in [0.4, 0.5) is 0 Å². The quantitative estimate of drug-likeness (QED) is 0.885. The highest BCUT2D eigenvalue weighted by Crippen LogP contribution is 2.14. The summed E-state index contributed by atoms with van der Waals surface area (Å²) in [5.41, 5.74) is 0.188. The van der Waals surface area contributed by atoms with Crippen molar-refractivity contribution in [1.29, 1.82) is 0 Å². The van der Waals surface area contributed by atoms with E-state index in [2.05, 4.69) is 10.3 Å². The van der Waals surface area contributed by atoms with Crippen LogP contribution in [0.15, 0.2) is 41.1 Å². The van der Waals surface area contributed by atoms with Gasteiger partial charge in [-0.15, -0.1) is 0 Å². The maximum Gasteiger partial charge on any atom is 0.270 e. The van der Waals surface area contributed by atoms with E-state index in [1.807, 2.05) is 0 Å². The summed E-state index contributed by atoms with van der Waals surface area (Å²) in [6, 6.07) is 5.78. The zero-order valence-electron chi connectivity index (χ0n) is 9.34. The Morgan fingerprint density at radius 1 is 1.56 bits per heavy atom. The normalized spacial score (nSPS) is 12.1. The zero-order valence-corrected chi connectivity index (χ0v) is 10.1. The van der Waals surface area contributed by atoms with Gasteiger partial charge < -0.3 is 14.8 Å². The van der Waals surface area contributed by atoms with E-state index in [0.717, 1.165) is 0 Å². The summed E-state index contributed by atoms with van der Waals surface area (Å²) >= 11 is 5.77. The topological polar surface area (TPSA) is 75.4 Å². The van der Waals surface area contributed by atoms with Gasteiger partial charge in [0.1, 0.15) is 17.5 Å². The molecule has 0 aliphatic heterocycles. The first-order chi connectivity index (χ1) is 8.70. The molecule has 0 fully saturated rings. The summed E-state index contributed by atoms with van der Waals surface area (Å²) in [7, 11) is 0. The van der Waals surface area contributed by atoms with E-state index in [1.54, 1.807) is 18.2 Å². The van der Waals surface area contributed by atoms with Crippen LogP contribution in [-0.4, -0.2) is 22.6 Å². The van der Waals surface area contributed by atoms with Gasteiger partial charge in [-0.05, 0) is 24.3 Å². The highest BCUT2D eigenvalue weighted by molar-refractivity contribution is 6.30. The van der Waals surface area contributed by atoms with E-state index < -0.39 is 11.9 Å². The van der Waals surface area contributed by atoms with E-state index in [4.69, 9.17) is 16.0 Å². The number of nitrogens with zero attached hydrogens (tertiary/aromatic N) is 1. The van der Waals surface area contributed by atoms with Crippen molar-refractivity contribution in [3.8, 4) is 0 Å². The summed E-state index contributed by atoms with van der Waals surface area (Å²) in [4.78, 5) is 15.8. The first-order valence-corrected chi connectivity index (χ1v) is 5.65. The minimum absolute atomic E-state index is 0.188. The third-order valence-corrected chi connectivity index (χ3v) is 2.56. The molecule has 0 bridgehead atoms. The van der Waals surface area contributed by atoms with Crippen LogP contribution in [0.25, 0.3) is 0 Å². The highest BCUT2D eigenvalue weighted by atomic mass is 35.5. The Kier molecular flexibility index (Phi) is 3.96. The maximum absolute atomic E-state index is 11.9. The lowest BCUT2D eigenvalue weighted by Gasteiger charge is -2.13. The van der Waals surface area contributed by atoms with Gasteiger partial charge in [0.25, 0.3) is 5.91 Å². The maximum atomic E-state index is 11.9. The first kappa shape index (κ1) is 12.6. The Hall–Kier alpha value is -1.85. The van der Waals surface area contributed by atoms with E-state index >= 15 is 0 Å². The Labute approximate surface area is 108 Å². The molecule has 0 spiro atoms. The van der Waals surface area contributed by atoms with E-state index in [0.29, 0.717) is 10.8 Å². The number of halogens is 1. The Morgan fingerprint density at radius 3 is 3.00 bits per heavy atom. The smallest absolute Gasteiger partial charge is 0.270 e.